The molecule has 8 nitrogen and oxygen atoms in total. The van der Waals surface area contributed by atoms with Gasteiger partial charge >= 0.3 is 6.09 Å². The summed E-state index contributed by atoms with van der Waals surface area (Å²) in [4.78, 5) is 24.3. The molecule has 1 saturated heterocycles. The van der Waals surface area contributed by atoms with Gasteiger partial charge in [0.05, 0.1) is 38.6 Å². The predicted octanol–water partition coefficient (Wildman–Crippen LogP) is 4.70. The molecule has 0 bridgehead atoms. The maximum Gasteiger partial charge on any atom is 0.419 e. The number of pyridine rings is 1. The average molecular weight is 453 g/mol. The van der Waals surface area contributed by atoms with Crippen LogP contribution in [0.4, 0.5) is 4.79 Å². The van der Waals surface area contributed by atoms with E-state index in [1.165, 1.54) is 4.57 Å². The Kier molecular flexibility index (Phi) is 8.72. The average Bonchev–Trinajstić information content (AvgIpc) is 2.78. The number of rotatable bonds is 8. The molecule has 0 radical (unpaired) electrons. The topological polar surface area (TPSA) is 88.4 Å². The maximum atomic E-state index is 12.9. The highest BCUT2D eigenvalue weighted by molar-refractivity contribution is 7.52. The van der Waals surface area contributed by atoms with Crippen LogP contribution in [0, 0.1) is 5.07 Å². The zero-order valence-electron chi connectivity index (χ0n) is 18.4. The van der Waals surface area contributed by atoms with Crippen LogP contribution in [0.15, 0.2) is 30.3 Å². The monoisotopic (exact) mass is 453 g/mol. The number of aryl methyl sites for hydroxylation is 1. The first-order valence-electron chi connectivity index (χ1n) is 10.8. The molecule has 1 aliphatic rings. The zero-order valence-corrected chi connectivity index (χ0v) is 19.3. The van der Waals surface area contributed by atoms with E-state index >= 15 is 0 Å². The molecule has 3 rings (SSSR count). The summed E-state index contributed by atoms with van der Waals surface area (Å²) in [6.07, 6.45) is 1.35. The summed E-state index contributed by atoms with van der Waals surface area (Å²) in [5.74, 6) is 0. The highest BCUT2D eigenvalue weighted by Gasteiger charge is 2.24. The Bertz CT molecular complexity index is 971. The van der Waals surface area contributed by atoms with Crippen molar-refractivity contribution in [3.8, 4) is 0 Å². The van der Waals surface area contributed by atoms with Crippen LogP contribution >= 0.6 is 7.57 Å². The zero-order chi connectivity index (χ0) is 22.3. The van der Waals surface area contributed by atoms with E-state index < -0.39 is 13.7 Å². The summed E-state index contributed by atoms with van der Waals surface area (Å²) < 4.78 is 29.4. The van der Waals surface area contributed by atoms with Crippen molar-refractivity contribution in [2.75, 3.05) is 33.0 Å². The number of carbonyl (C=O) groups is 1. The van der Waals surface area contributed by atoms with Gasteiger partial charge in [0.15, 0.2) is 6.29 Å². The molecule has 1 N–H and O–H groups in total. The van der Waals surface area contributed by atoms with Crippen molar-refractivity contribution >= 4 is 24.6 Å². The normalized spacial score (nSPS) is 15.4. The van der Waals surface area contributed by atoms with Gasteiger partial charge in [-0.3, -0.25) is 0 Å². The third-order valence-electron chi connectivity index (χ3n) is 4.92. The first-order valence-corrected chi connectivity index (χ1v) is 12.4. The molecule has 0 amide bonds. The first kappa shape index (κ1) is 24.0. The predicted molar refractivity (Wildman–Crippen MR) is 119 cm³/mol. The highest BCUT2D eigenvalue weighted by Crippen LogP contribution is 2.49. The van der Waals surface area contributed by atoms with Gasteiger partial charge in [0.1, 0.15) is 5.07 Å². The fourth-order valence-corrected chi connectivity index (χ4v) is 5.45. The van der Waals surface area contributed by atoms with E-state index in [4.69, 9.17) is 23.3 Å². The smallest absolute Gasteiger partial charge is 0.419 e. The second-order valence-electron chi connectivity index (χ2n) is 7.00. The van der Waals surface area contributed by atoms with Gasteiger partial charge in [-0.25, -0.2) is 9.36 Å². The Morgan fingerprint density at radius 1 is 1.13 bits per heavy atom. The molecule has 0 atom stereocenters. The summed E-state index contributed by atoms with van der Waals surface area (Å²) in [5, 5.41) is 1.16. The van der Waals surface area contributed by atoms with Crippen molar-refractivity contribution < 1.29 is 32.9 Å². The SMILES string of the molecule is CCOC(=O)n1c(=P(O)(OCC)OCC)cc(CCC2OCCCO2)c2ccccc21. The number of nitrogens with zero attached hydrogens (tertiary/aromatic N) is 1. The van der Waals surface area contributed by atoms with Gasteiger partial charge in [-0.15, -0.1) is 0 Å². The van der Waals surface area contributed by atoms with Crippen molar-refractivity contribution in [2.45, 2.75) is 46.3 Å². The molecule has 0 spiro atoms. The number of hydrogen-bond acceptors (Lipinski definition) is 7. The van der Waals surface area contributed by atoms with E-state index in [1.54, 1.807) is 26.8 Å². The minimum Gasteiger partial charge on any atom is -0.449 e. The Hall–Kier alpha value is -1.67. The Balaban J connectivity index is 2.23. The maximum absolute atomic E-state index is 12.9. The largest absolute Gasteiger partial charge is 0.449 e. The van der Waals surface area contributed by atoms with Crippen molar-refractivity contribution in [3.05, 3.63) is 41.0 Å². The standard InChI is InChI=1S/C22H32NO7P/c1-4-26-22(24)23-19-11-8-7-10-18(19)17(12-13-21-27-14-9-15-28-21)16-20(23)31(25,29-5-2)30-6-3/h7-8,10-11,16,21,25H,4-6,9,12-15H2,1-3H3. The second kappa shape index (κ2) is 11.3. The van der Waals surface area contributed by atoms with E-state index in [1.807, 2.05) is 24.3 Å². The number of fused-ring (bicyclic) bond motifs is 1. The molecular formula is C22H32NO7P. The first-order chi connectivity index (χ1) is 15.0. The van der Waals surface area contributed by atoms with E-state index in [9.17, 15) is 9.69 Å². The molecule has 0 unspecified atom stereocenters. The fourth-order valence-electron chi connectivity index (χ4n) is 3.65. The Morgan fingerprint density at radius 3 is 2.45 bits per heavy atom. The molecule has 1 aromatic carbocycles. The summed E-state index contributed by atoms with van der Waals surface area (Å²) in [6, 6.07) is 9.33. The minimum absolute atomic E-state index is 0.206. The summed E-state index contributed by atoms with van der Waals surface area (Å²) in [6.45, 7) is 7.35. The Morgan fingerprint density at radius 2 is 1.81 bits per heavy atom. The second-order valence-corrected chi connectivity index (χ2v) is 9.01. The molecule has 2 aromatic rings. The van der Waals surface area contributed by atoms with Gasteiger partial charge in [-0.1, -0.05) is 18.2 Å². The number of para-hydroxylation sites is 1. The molecule has 0 saturated carbocycles. The van der Waals surface area contributed by atoms with Crippen LogP contribution in [0.25, 0.3) is 10.9 Å². The van der Waals surface area contributed by atoms with E-state index in [0.29, 0.717) is 31.6 Å². The van der Waals surface area contributed by atoms with Crippen LogP contribution in [0.5, 0.6) is 0 Å². The van der Waals surface area contributed by atoms with E-state index in [0.717, 1.165) is 17.4 Å². The van der Waals surface area contributed by atoms with Crippen molar-refractivity contribution in [3.63, 3.8) is 0 Å². The van der Waals surface area contributed by atoms with Crippen molar-refractivity contribution in [2.24, 2.45) is 0 Å². The van der Waals surface area contributed by atoms with Gasteiger partial charge < -0.3 is 28.2 Å². The van der Waals surface area contributed by atoms with Gasteiger partial charge in [0.25, 0.3) is 7.57 Å². The summed E-state index contributed by atoms with van der Waals surface area (Å²) in [7, 11) is -3.52. The van der Waals surface area contributed by atoms with E-state index in [2.05, 4.69) is 0 Å². The van der Waals surface area contributed by atoms with Crippen molar-refractivity contribution in [1.29, 1.82) is 0 Å². The van der Waals surface area contributed by atoms with Crippen LogP contribution in [-0.2, 0) is 29.7 Å². The number of hydrogen-bond donors (Lipinski definition) is 1. The van der Waals surface area contributed by atoms with Gasteiger partial charge in [0.2, 0.25) is 0 Å². The number of carbonyl (C=O) groups excluding carboxylic acids is 1. The number of benzene rings is 1. The molecule has 31 heavy (non-hydrogen) atoms. The molecule has 1 fully saturated rings. The van der Waals surface area contributed by atoms with Crippen LogP contribution in [0.1, 0.15) is 39.2 Å². The molecular weight excluding hydrogens is 421 g/mol. The summed E-state index contributed by atoms with van der Waals surface area (Å²) >= 11 is 0. The lowest BCUT2D eigenvalue weighted by atomic mass is 10.0. The number of aromatic nitrogens is 1. The summed E-state index contributed by atoms with van der Waals surface area (Å²) in [5.41, 5.74) is 1.57. The molecule has 172 valence electrons. The quantitative estimate of drug-likeness (QED) is 0.580. The third kappa shape index (κ3) is 5.58. The molecule has 1 aliphatic heterocycles. The lowest BCUT2D eigenvalue weighted by Crippen LogP contribution is -2.25. The molecule has 1 aromatic heterocycles. The van der Waals surface area contributed by atoms with Crippen LogP contribution in [-0.4, -0.2) is 54.9 Å². The number of ether oxygens (including phenoxy) is 3. The molecule has 0 aliphatic carbocycles. The lowest BCUT2D eigenvalue weighted by Gasteiger charge is -2.24. The minimum atomic E-state index is -3.52. The fraction of sp³-hybridized carbons (Fsp3) is 0.545. The van der Waals surface area contributed by atoms with Crippen LogP contribution in [0.3, 0.4) is 0 Å². The highest BCUT2D eigenvalue weighted by atomic mass is 31.2. The Labute approximate surface area is 182 Å². The molecule has 9 heteroatoms. The van der Waals surface area contributed by atoms with Crippen LogP contribution < -0.4 is 0 Å². The van der Waals surface area contributed by atoms with Crippen LogP contribution in [0.2, 0.25) is 0 Å². The van der Waals surface area contributed by atoms with Gasteiger partial charge in [-0.05, 0) is 51.3 Å². The van der Waals surface area contributed by atoms with Gasteiger partial charge in [-0.2, -0.15) is 0 Å². The van der Waals surface area contributed by atoms with Crippen molar-refractivity contribution in [1.82, 2.24) is 4.57 Å². The third-order valence-corrected chi connectivity index (χ3v) is 7.04. The molecule has 2 heterocycles. The van der Waals surface area contributed by atoms with E-state index in [-0.39, 0.29) is 31.2 Å². The lowest BCUT2D eigenvalue weighted by molar-refractivity contribution is -0.180. The van der Waals surface area contributed by atoms with Gasteiger partial charge in [0, 0.05) is 11.8 Å².